The fourth-order valence-corrected chi connectivity index (χ4v) is 3.83. The molecule has 1 aliphatic rings. The molecule has 0 saturated heterocycles. The minimum atomic E-state index is -0.607. The lowest BCUT2D eigenvalue weighted by molar-refractivity contribution is -0.120. The van der Waals surface area contributed by atoms with Gasteiger partial charge in [0.25, 0.3) is 5.91 Å². The zero-order chi connectivity index (χ0) is 19.3. The Morgan fingerprint density at radius 2 is 2.00 bits per heavy atom. The summed E-state index contributed by atoms with van der Waals surface area (Å²) >= 11 is 0. The van der Waals surface area contributed by atoms with E-state index in [0.29, 0.717) is 25.8 Å². The summed E-state index contributed by atoms with van der Waals surface area (Å²) in [6.07, 6.45) is 4.60. The van der Waals surface area contributed by atoms with Gasteiger partial charge in [0.15, 0.2) is 6.39 Å². The number of aromatic nitrogens is 1. The summed E-state index contributed by atoms with van der Waals surface area (Å²) in [7, 11) is 0. The zero-order valence-electron chi connectivity index (χ0n) is 15.4. The second-order valence-electron chi connectivity index (χ2n) is 7.15. The molecule has 0 radical (unpaired) electrons. The highest BCUT2D eigenvalue weighted by molar-refractivity contribution is 5.91. The molecule has 3 N–H and O–H groups in total. The topological polar surface area (TPSA) is 104 Å². The molecular weight excluding hydrogens is 346 g/mol. The van der Waals surface area contributed by atoms with Gasteiger partial charge in [0, 0.05) is 18.9 Å². The number of carbonyl (C=O) groups excluding carboxylic acids is 2. The third kappa shape index (κ3) is 4.54. The highest BCUT2D eigenvalue weighted by Crippen LogP contribution is 2.38. The van der Waals surface area contributed by atoms with Gasteiger partial charge in [0.2, 0.25) is 11.7 Å². The van der Waals surface area contributed by atoms with Gasteiger partial charge in [0.05, 0.1) is 18.3 Å². The van der Waals surface area contributed by atoms with Gasteiger partial charge < -0.3 is 20.2 Å². The Morgan fingerprint density at radius 3 is 2.67 bits per heavy atom. The second-order valence-corrected chi connectivity index (χ2v) is 7.15. The number of carbonyl (C=O) groups is 2. The molecule has 0 aliphatic heterocycles. The van der Waals surface area contributed by atoms with E-state index in [4.69, 9.17) is 4.42 Å². The van der Waals surface area contributed by atoms with Crippen molar-refractivity contribution in [3.8, 4) is 0 Å². The number of hydrogen-bond acceptors (Lipinski definition) is 5. The van der Waals surface area contributed by atoms with E-state index in [2.05, 4.69) is 15.6 Å². The number of rotatable bonds is 5. The summed E-state index contributed by atoms with van der Waals surface area (Å²) < 4.78 is 5.07. The number of oxazole rings is 1. The Hall–Kier alpha value is -2.67. The van der Waals surface area contributed by atoms with Crippen LogP contribution in [-0.2, 0) is 10.2 Å². The van der Waals surface area contributed by atoms with Crippen LogP contribution >= 0.6 is 0 Å². The van der Waals surface area contributed by atoms with Crippen LogP contribution in [0.15, 0.2) is 47.3 Å². The van der Waals surface area contributed by atoms with E-state index in [1.165, 1.54) is 19.5 Å². The first-order chi connectivity index (χ1) is 13.0. The predicted molar refractivity (Wildman–Crippen MR) is 99.0 cm³/mol. The van der Waals surface area contributed by atoms with Crippen molar-refractivity contribution in [1.82, 2.24) is 15.6 Å². The Bertz CT molecular complexity index is 763. The number of amides is 2. The van der Waals surface area contributed by atoms with Gasteiger partial charge in [-0.2, -0.15) is 0 Å². The molecule has 7 nitrogen and oxygen atoms in total. The van der Waals surface area contributed by atoms with Crippen LogP contribution in [0.5, 0.6) is 0 Å². The van der Waals surface area contributed by atoms with Gasteiger partial charge in [0.1, 0.15) is 0 Å². The van der Waals surface area contributed by atoms with Crippen LogP contribution in [0.2, 0.25) is 0 Å². The standard InChI is InChI=1S/C20H25N3O4/c1-14(24)23-16-7-9-20(10-8-17(16)25,15-5-3-2-4-6-15)12-22-19(26)18-11-21-13-27-18/h2-6,11,13,16-17,25H,7-10,12H2,1H3,(H,22,26)(H,23,24)/t16-,17-,20-/m0/s1. The molecular formula is C20H25N3O4. The van der Waals surface area contributed by atoms with Crippen LogP contribution in [0.1, 0.15) is 48.7 Å². The monoisotopic (exact) mass is 371 g/mol. The lowest BCUT2D eigenvalue weighted by atomic mass is 9.74. The van der Waals surface area contributed by atoms with Crippen molar-refractivity contribution >= 4 is 11.8 Å². The zero-order valence-corrected chi connectivity index (χ0v) is 15.4. The summed E-state index contributed by atoms with van der Waals surface area (Å²) in [5, 5.41) is 16.3. The molecule has 1 aromatic heterocycles. The molecule has 1 heterocycles. The van der Waals surface area contributed by atoms with Crippen LogP contribution < -0.4 is 10.6 Å². The number of nitrogens with one attached hydrogen (secondary N) is 2. The largest absolute Gasteiger partial charge is 0.438 e. The fraction of sp³-hybridized carbons (Fsp3) is 0.450. The molecule has 2 amide bonds. The maximum absolute atomic E-state index is 12.3. The van der Waals surface area contributed by atoms with E-state index >= 15 is 0 Å². The summed E-state index contributed by atoms with van der Waals surface area (Å²) in [6.45, 7) is 1.87. The predicted octanol–water partition coefficient (Wildman–Crippen LogP) is 1.78. The van der Waals surface area contributed by atoms with Crippen LogP contribution in [-0.4, -0.2) is 40.6 Å². The molecule has 0 unspecified atom stereocenters. The van der Waals surface area contributed by atoms with Crippen LogP contribution in [0.25, 0.3) is 0 Å². The van der Waals surface area contributed by atoms with E-state index in [1.807, 2.05) is 30.3 Å². The van der Waals surface area contributed by atoms with Gasteiger partial charge in [-0.05, 0) is 31.2 Å². The molecule has 1 fully saturated rings. The van der Waals surface area contributed by atoms with Crippen molar-refractivity contribution in [2.45, 2.75) is 50.2 Å². The smallest absolute Gasteiger partial charge is 0.288 e. The quantitative estimate of drug-likeness (QED) is 0.695. The van der Waals surface area contributed by atoms with E-state index in [-0.39, 0.29) is 29.0 Å². The maximum atomic E-state index is 12.3. The molecule has 144 valence electrons. The molecule has 27 heavy (non-hydrogen) atoms. The highest BCUT2D eigenvalue weighted by atomic mass is 16.3. The average Bonchev–Trinajstić information content (AvgIpc) is 3.16. The van der Waals surface area contributed by atoms with Gasteiger partial charge in [-0.15, -0.1) is 0 Å². The molecule has 0 bridgehead atoms. The average molecular weight is 371 g/mol. The van der Waals surface area contributed by atoms with Gasteiger partial charge in [-0.25, -0.2) is 4.98 Å². The van der Waals surface area contributed by atoms with E-state index in [1.54, 1.807) is 0 Å². The molecule has 3 atom stereocenters. The van der Waals surface area contributed by atoms with Crippen molar-refractivity contribution in [3.63, 3.8) is 0 Å². The summed E-state index contributed by atoms with van der Waals surface area (Å²) in [5.41, 5.74) is 0.782. The minimum absolute atomic E-state index is 0.148. The first-order valence-corrected chi connectivity index (χ1v) is 9.17. The SMILES string of the molecule is CC(=O)N[C@H]1CC[C@](CNC(=O)c2cnco2)(c2ccccc2)CC[C@@H]1O. The first-order valence-electron chi connectivity index (χ1n) is 9.17. The molecule has 0 spiro atoms. The lowest BCUT2D eigenvalue weighted by Gasteiger charge is -2.33. The van der Waals surface area contributed by atoms with Crippen molar-refractivity contribution in [2.75, 3.05) is 6.54 Å². The molecule has 1 saturated carbocycles. The van der Waals surface area contributed by atoms with Gasteiger partial charge in [-0.1, -0.05) is 30.3 Å². The van der Waals surface area contributed by atoms with E-state index in [0.717, 1.165) is 12.0 Å². The number of hydrogen-bond donors (Lipinski definition) is 3. The van der Waals surface area contributed by atoms with Crippen molar-refractivity contribution in [3.05, 3.63) is 54.2 Å². The van der Waals surface area contributed by atoms with Crippen molar-refractivity contribution in [1.29, 1.82) is 0 Å². The van der Waals surface area contributed by atoms with E-state index < -0.39 is 6.10 Å². The van der Waals surface area contributed by atoms with E-state index in [9.17, 15) is 14.7 Å². The molecule has 3 rings (SSSR count). The summed E-state index contributed by atoms with van der Waals surface area (Å²) in [4.78, 5) is 27.6. The number of aliphatic hydroxyl groups is 1. The lowest BCUT2D eigenvalue weighted by Crippen LogP contribution is -2.42. The number of nitrogens with zero attached hydrogens (tertiary/aromatic N) is 1. The van der Waals surface area contributed by atoms with Gasteiger partial charge >= 0.3 is 0 Å². The normalized spacial score (nSPS) is 25.4. The summed E-state index contributed by atoms with van der Waals surface area (Å²) in [6, 6.07) is 9.72. The highest BCUT2D eigenvalue weighted by Gasteiger charge is 2.38. The van der Waals surface area contributed by atoms with Crippen LogP contribution in [0, 0.1) is 0 Å². The molecule has 1 aliphatic carbocycles. The fourth-order valence-electron chi connectivity index (χ4n) is 3.83. The number of aliphatic hydroxyl groups excluding tert-OH is 1. The number of benzene rings is 1. The van der Waals surface area contributed by atoms with Crippen LogP contribution in [0.3, 0.4) is 0 Å². The third-order valence-electron chi connectivity index (χ3n) is 5.34. The summed E-state index contributed by atoms with van der Waals surface area (Å²) in [5.74, 6) is -0.293. The Balaban J connectivity index is 1.81. The second kappa shape index (κ2) is 8.35. The Labute approximate surface area is 158 Å². The van der Waals surface area contributed by atoms with Crippen molar-refractivity contribution in [2.24, 2.45) is 0 Å². The molecule has 7 heteroatoms. The van der Waals surface area contributed by atoms with Crippen LogP contribution in [0.4, 0.5) is 0 Å². The third-order valence-corrected chi connectivity index (χ3v) is 5.34. The first kappa shape index (κ1) is 19.1. The minimum Gasteiger partial charge on any atom is -0.438 e. The van der Waals surface area contributed by atoms with Crippen molar-refractivity contribution < 1.29 is 19.1 Å². The molecule has 1 aromatic carbocycles. The molecule has 2 aromatic rings. The Kier molecular flexibility index (Phi) is 5.91. The maximum Gasteiger partial charge on any atom is 0.288 e. The van der Waals surface area contributed by atoms with Gasteiger partial charge in [-0.3, -0.25) is 9.59 Å². The Morgan fingerprint density at radius 1 is 1.26 bits per heavy atom.